The standard InChI is InChI=1S/C62H52IN5O8S2/c1-61(2,59(72)75-54(43-28-14-5-15-29-43)44-30-16-6-17-31-44)76-67-50(49-39-77-60(64-49)66-62(46-32-18-7-19-33-46,47-34-20-8-21-35-47)48-36-22-9-23-37-48)55(69)65-51-56(70)68-52(45(38-63)40-78(73)57(51)68)58(71)74-53(41-24-10-3-11-25-41)42-26-12-4-13-27-42/h3-37,39,51,53-54,57H,38,40H2,1-2H3,(H,64,66)(H,65,69)/t51?,57-,78?/m1/s1. The third-order valence-corrected chi connectivity index (χ3v) is 16.8. The first kappa shape index (κ1) is 53.3. The Bertz CT molecular complexity index is 3330. The minimum Gasteiger partial charge on any atom is -0.450 e. The summed E-state index contributed by atoms with van der Waals surface area (Å²) in [5, 5.41) is 11.7. The number of nitrogens with zero attached hydrogens (tertiary/aromatic N) is 3. The van der Waals surface area contributed by atoms with Gasteiger partial charge in [0.1, 0.15) is 28.3 Å². The third-order valence-electron chi connectivity index (χ3n) is 13.4. The third kappa shape index (κ3) is 11.1. The summed E-state index contributed by atoms with van der Waals surface area (Å²) in [4.78, 5) is 70.5. The molecule has 13 nitrogen and oxygen atoms in total. The number of carbonyl (C=O) groups excluding carboxylic acids is 4. The normalized spacial score (nSPS) is 16.5. The largest absolute Gasteiger partial charge is 0.450 e. The van der Waals surface area contributed by atoms with E-state index in [0.29, 0.717) is 21.8 Å². The molecule has 2 aliphatic rings. The quantitative estimate of drug-likeness (QED) is 0.0151. The molecular formula is C62H52IN5O8S2. The SMILES string of the molecule is CC(C)(ON=C(C(=O)NC1C(=O)N2C(C(=O)OC(c3ccccc3)c3ccccc3)=C(CI)CS(=O)[C@H]12)c1csc(NC(c2ccccc2)(c2ccccc2)c2ccccc2)n1)C(=O)OC(c1ccccc1)c1ccccc1. The van der Waals surface area contributed by atoms with Gasteiger partial charge in [0.15, 0.2) is 23.1 Å². The van der Waals surface area contributed by atoms with E-state index < -0.39 is 75.0 Å². The summed E-state index contributed by atoms with van der Waals surface area (Å²) in [5.74, 6) is -3.20. The first-order valence-corrected chi connectivity index (χ1v) is 28.8. The molecular weight excluding hydrogens is 1130 g/mol. The minimum absolute atomic E-state index is 0.0166. The van der Waals surface area contributed by atoms with Crippen LogP contribution in [0.4, 0.5) is 5.13 Å². The Hall–Kier alpha value is -8.06. The average Bonchev–Trinajstić information content (AvgIpc) is 4.09. The van der Waals surface area contributed by atoms with Crippen LogP contribution >= 0.6 is 33.9 Å². The molecule has 10 rings (SSSR count). The maximum atomic E-state index is 15.0. The van der Waals surface area contributed by atoms with Gasteiger partial charge in [0.25, 0.3) is 11.8 Å². The molecule has 2 amide bonds. The summed E-state index contributed by atoms with van der Waals surface area (Å²) >= 11 is 3.28. The summed E-state index contributed by atoms with van der Waals surface area (Å²) in [6.45, 7) is 2.94. The summed E-state index contributed by atoms with van der Waals surface area (Å²) in [7, 11) is -1.76. The van der Waals surface area contributed by atoms with Gasteiger partial charge in [0.05, 0.1) is 16.6 Å². The van der Waals surface area contributed by atoms with Crippen molar-refractivity contribution in [3.05, 3.63) is 274 Å². The second kappa shape index (κ2) is 23.7. The van der Waals surface area contributed by atoms with Crippen LogP contribution in [-0.2, 0) is 49.8 Å². The Morgan fingerprint density at radius 2 is 1.10 bits per heavy atom. The molecule has 392 valence electrons. The zero-order valence-corrected chi connectivity index (χ0v) is 46.1. The van der Waals surface area contributed by atoms with E-state index in [-0.39, 0.29) is 21.6 Å². The molecule has 16 heteroatoms. The van der Waals surface area contributed by atoms with Crippen LogP contribution in [0.5, 0.6) is 0 Å². The van der Waals surface area contributed by atoms with Crippen molar-refractivity contribution in [2.24, 2.45) is 5.16 Å². The summed E-state index contributed by atoms with van der Waals surface area (Å²) < 4.78 is 26.9. The van der Waals surface area contributed by atoms with Crippen molar-refractivity contribution in [3.8, 4) is 0 Å². The van der Waals surface area contributed by atoms with Gasteiger partial charge in [0, 0.05) is 9.81 Å². The number of alkyl halides is 1. The molecule has 78 heavy (non-hydrogen) atoms. The second-order valence-corrected chi connectivity index (χ2v) is 22.1. The van der Waals surface area contributed by atoms with Crippen LogP contribution < -0.4 is 10.6 Å². The molecule has 1 saturated heterocycles. The fraction of sp³-hybridized carbons (Fsp3) is 0.161. The number of hydrogen-bond donors (Lipinski definition) is 2. The van der Waals surface area contributed by atoms with Crippen LogP contribution in [0.15, 0.2) is 234 Å². The minimum atomic E-state index is -1.80. The number of nitrogens with one attached hydrogen (secondary N) is 2. The molecule has 2 unspecified atom stereocenters. The fourth-order valence-electron chi connectivity index (χ4n) is 9.52. The summed E-state index contributed by atoms with van der Waals surface area (Å²) in [6.07, 6.45) is -1.63. The number of aromatic nitrogens is 1. The molecule has 0 aliphatic carbocycles. The van der Waals surface area contributed by atoms with Crippen LogP contribution in [-0.4, -0.2) is 70.8 Å². The van der Waals surface area contributed by atoms with Gasteiger partial charge in [-0.3, -0.25) is 18.7 Å². The number of β-lactam (4-membered cyclic amide) rings is 1. The van der Waals surface area contributed by atoms with Gasteiger partial charge in [-0.15, -0.1) is 11.3 Å². The number of thiazole rings is 1. The fourth-order valence-corrected chi connectivity index (χ4v) is 13.0. The molecule has 1 aromatic heterocycles. The van der Waals surface area contributed by atoms with Crippen molar-refractivity contribution in [3.63, 3.8) is 0 Å². The van der Waals surface area contributed by atoms with E-state index in [9.17, 15) is 23.4 Å². The van der Waals surface area contributed by atoms with Crippen molar-refractivity contribution in [2.75, 3.05) is 15.5 Å². The number of benzene rings is 7. The maximum Gasteiger partial charge on any atom is 0.356 e. The lowest BCUT2D eigenvalue weighted by atomic mass is 9.77. The van der Waals surface area contributed by atoms with E-state index in [1.165, 1.54) is 30.1 Å². The Morgan fingerprint density at radius 3 is 1.54 bits per heavy atom. The Labute approximate surface area is 472 Å². The number of ether oxygens (including phenoxy) is 2. The van der Waals surface area contributed by atoms with Crippen LogP contribution in [0, 0.1) is 0 Å². The molecule has 8 aromatic rings. The Kier molecular flexibility index (Phi) is 16.2. The first-order valence-electron chi connectivity index (χ1n) is 25.0. The Morgan fingerprint density at radius 1 is 0.679 bits per heavy atom. The molecule has 3 heterocycles. The smallest absolute Gasteiger partial charge is 0.356 e. The van der Waals surface area contributed by atoms with Gasteiger partial charge < -0.3 is 24.9 Å². The predicted octanol–water partition coefficient (Wildman–Crippen LogP) is 10.8. The maximum absolute atomic E-state index is 15.0. The van der Waals surface area contributed by atoms with Gasteiger partial charge in [0.2, 0.25) is 5.60 Å². The van der Waals surface area contributed by atoms with Crippen molar-refractivity contribution >= 4 is 79.3 Å². The van der Waals surface area contributed by atoms with Crippen molar-refractivity contribution in [2.45, 2.75) is 48.6 Å². The highest BCUT2D eigenvalue weighted by Gasteiger charge is 2.58. The van der Waals surface area contributed by atoms with Crippen molar-refractivity contribution in [1.29, 1.82) is 0 Å². The number of oxime groups is 1. The zero-order valence-electron chi connectivity index (χ0n) is 42.3. The highest BCUT2D eigenvalue weighted by atomic mass is 127. The number of halogens is 1. The van der Waals surface area contributed by atoms with E-state index in [1.807, 2.05) is 212 Å². The van der Waals surface area contributed by atoms with E-state index in [2.05, 4.69) is 38.4 Å². The van der Waals surface area contributed by atoms with Crippen LogP contribution in [0.3, 0.4) is 0 Å². The lowest BCUT2D eigenvalue weighted by molar-refractivity contribution is -0.172. The number of esters is 2. The molecule has 7 aromatic carbocycles. The van der Waals surface area contributed by atoms with E-state index in [1.54, 1.807) is 5.38 Å². The van der Waals surface area contributed by atoms with Crippen LogP contribution in [0.1, 0.15) is 70.7 Å². The average molecular weight is 1190 g/mol. The van der Waals surface area contributed by atoms with Crippen LogP contribution in [0.25, 0.3) is 0 Å². The van der Waals surface area contributed by atoms with Gasteiger partial charge in [-0.1, -0.05) is 240 Å². The molecule has 1 fully saturated rings. The number of hydrogen-bond acceptors (Lipinski definition) is 12. The highest BCUT2D eigenvalue weighted by Crippen LogP contribution is 2.42. The van der Waals surface area contributed by atoms with Gasteiger partial charge in [-0.25, -0.2) is 14.6 Å². The lowest BCUT2D eigenvalue weighted by Crippen LogP contribution is -2.74. The highest BCUT2D eigenvalue weighted by molar-refractivity contribution is 14.1. The number of rotatable bonds is 19. The molecule has 2 aliphatic heterocycles. The van der Waals surface area contributed by atoms with Crippen molar-refractivity contribution in [1.82, 2.24) is 15.2 Å². The summed E-state index contributed by atoms with van der Waals surface area (Å²) in [5.41, 5.74) is 2.91. The van der Waals surface area contributed by atoms with Crippen molar-refractivity contribution < 1.29 is 37.7 Å². The summed E-state index contributed by atoms with van der Waals surface area (Å²) in [6, 6.07) is 65.5. The molecule has 0 spiro atoms. The number of amides is 2. The monoisotopic (exact) mass is 1190 g/mol. The molecule has 0 saturated carbocycles. The Balaban J connectivity index is 0.981. The first-order chi connectivity index (χ1) is 38.0. The van der Waals surface area contributed by atoms with Gasteiger partial charge in [-0.05, 0) is 58.4 Å². The number of fused-ring (bicyclic) bond motifs is 1. The van der Waals surface area contributed by atoms with Gasteiger partial charge >= 0.3 is 11.9 Å². The van der Waals surface area contributed by atoms with E-state index >= 15 is 0 Å². The van der Waals surface area contributed by atoms with E-state index in [0.717, 1.165) is 27.8 Å². The van der Waals surface area contributed by atoms with Gasteiger partial charge in [-0.2, -0.15) is 0 Å². The molecule has 2 N–H and O–H groups in total. The topological polar surface area (TPSA) is 166 Å². The predicted molar refractivity (Wildman–Crippen MR) is 310 cm³/mol. The van der Waals surface area contributed by atoms with Crippen LogP contribution in [0.2, 0.25) is 0 Å². The number of carbonyl (C=O) groups is 4. The lowest BCUT2D eigenvalue weighted by Gasteiger charge is -2.49. The zero-order chi connectivity index (χ0) is 54.2. The second-order valence-electron chi connectivity index (χ2n) is 18.9. The van der Waals surface area contributed by atoms with E-state index in [4.69, 9.17) is 19.3 Å². The molecule has 0 bridgehead atoms. The molecule has 3 atom stereocenters. The number of anilines is 1. The molecule has 0 radical (unpaired) electrons.